The maximum atomic E-state index is 11.3. The van der Waals surface area contributed by atoms with Gasteiger partial charge in [-0.05, 0) is 31.8 Å². The van der Waals surface area contributed by atoms with Gasteiger partial charge in [0.1, 0.15) is 12.4 Å². The van der Waals surface area contributed by atoms with Crippen LogP contribution in [0.5, 0.6) is 0 Å². The molecule has 0 N–H and O–H groups in total. The Kier molecular flexibility index (Phi) is 3.43. The molecule has 2 aliphatic rings. The lowest BCUT2D eigenvalue weighted by molar-refractivity contribution is -0.125. The van der Waals surface area contributed by atoms with E-state index in [2.05, 4.69) is 12.2 Å². The Balaban J connectivity index is 1.76. The van der Waals surface area contributed by atoms with Gasteiger partial charge in [-0.3, -0.25) is 4.79 Å². The smallest absolute Gasteiger partial charge is 0.226 e. The largest absolute Gasteiger partial charge is 0.492 e. The molecule has 1 atom stereocenters. The van der Waals surface area contributed by atoms with E-state index in [-0.39, 0.29) is 12.0 Å². The summed E-state index contributed by atoms with van der Waals surface area (Å²) in [6.07, 6.45) is 12.9. The fraction of sp³-hybridized carbons (Fsp3) is 0.583. The van der Waals surface area contributed by atoms with Crippen LogP contribution < -0.4 is 0 Å². The molecule has 3 nitrogen and oxygen atoms in total. The van der Waals surface area contributed by atoms with Crippen molar-refractivity contribution in [3.05, 3.63) is 24.6 Å². The molecule has 3 heteroatoms. The first-order valence-electron chi connectivity index (χ1n) is 5.64. The minimum Gasteiger partial charge on any atom is -0.492 e. The van der Waals surface area contributed by atoms with E-state index in [1.54, 1.807) is 17.4 Å². The van der Waals surface area contributed by atoms with Gasteiger partial charge in [0, 0.05) is 19.2 Å². The zero-order chi connectivity index (χ0) is 10.5. The average molecular weight is 207 g/mol. The highest BCUT2D eigenvalue weighted by atomic mass is 16.5. The van der Waals surface area contributed by atoms with E-state index in [4.69, 9.17) is 4.74 Å². The van der Waals surface area contributed by atoms with Crippen molar-refractivity contribution < 1.29 is 9.53 Å². The first kappa shape index (κ1) is 10.3. The molecule has 0 radical (unpaired) electrons. The predicted molar refractivity (Wildman–Crippen MR) is 58.0 cm³/mol. The normalized spacial score (nSPS) is 26.5. The van der Waals surface area contributed by atoms with Crippen molar-refractivity contribution in [3.8, 4) is 0 Å². The van der Waals surface area contributed by atoms with Crippen molar-refractivity contribution in [1.82, 2.24) is 4.90 Å². The molecule has 2 rings (SSSR count). The predicted octanol–water partition coefficient (Wildman–Crippen LogP) is 2.21. The highest BCUT2D eigenvalue weighted by Gasteiger charge is 2.17. The summed E-state index contributed by atoms with van der Waals surface area (Å²) in [4.78, 5) is 13.0. The van der Waals surface area contributed by atoms with E-state index in [1.165, 1.54) is 6.42 Å². The number of carbonyl (C=O) groups excluding carboxylic acids is 1. The second-order valence-electron chi connectivity index (χ2n) is 4.01. The monoisotopic (exact) mass is 207 g/mol. The molecule has 1 saturated heterocycles. The van der Waals surface area contributed by atoms with Crippen LogP contribution in [-0.4, -0.2) is 23.5 Å². The van der Waals surface area contributed by atoms with Gasteiger partial charge in [-0.15, -0.1) is 0 Å². The third-order valence-corrected chi connectivity index (χ3v) is 2.81. The van der Waals surface area contributed by atoms with Crippen molar-refractivity contribution in [1.29, 1.82) is 0 Å². The van der Waals surface area contributed by atoms with Gasteiger partial charge in [-0.2, -0.15) is 0 Å². The Morgan fingerprint density at radius 2 is 2.40 bits per heavy atom. The van der Waals surface area contributed by atoms with Crippen molar-refractivity contribution in [3.63, 3.8) is 0 Å². The van der Waals surface area contributed by atoms with E-state index in [1.807, 2.05) is 0 Å². The number of hydrogen-bond donors (Lipinski definition) is 0. The van der Waals surface area contributed by atoms with Crippen LogP contribution >= 0.6 is 0 Å². The highest BCUT2D eigenvalue weighted by Crippen LogP contribution is 2.14. The Labute approximate surface area is 90.4 Å². The number of amides is 1. The quantitative estimate of drug-likeness (QED) is 0.524. The standard InChI is InChI=1S/C12H17NO2/c14-12-7-4-8-13(12)9-10-15-11-5-2-1-3-6-11/h2,5,9-11H,1,3-4,6-8H2/b10-9+. The summed E-state index contributed by atoms with van der Waals surface area (Å²) >= 11 is 0. The summed E-state index contributed by atoms with van der Waals surface area (Å²) in [6, 6.07) is 0. The topological polar surface area (TPSA) is 29.5 Å². The van der Waals surface area contributed by atoms with Gasteiger partial charge in [0.2, 0.25) is 5.91 Å². The van der Waals surface area contributed by atoms with E-state index >= 15 is 0 Å². The minimum atomic E-state index is 0.202. The molecule has 0 aromatic heterocycles. The zero-order valence-electron chi connectivity index (χ0n) is 8.89. The van der Waals surface area contributed by atoms with Crippen LogP contribution in [0.15, 0.2) is 24.6 Å². The van der Waals surface area contributed by atoms with E-state index in [0.717, 1.165) is 25.8 Å². The van der Waals surface area contributed by atoms with Crippen LogP contribution in [0.3, 0.4) is 0 Å². The SMILES string of the molecule is O=C1CCCN1/C=C/OC1C=CCCC1. The molecule has 0 aromatic carbocycles. The maximum absolute atomic E-state index is 11.3. The summed E-state index contributed by atoms with van der Waals surface area (Å²) in [7, 11) is 0. The number of carbonyl (C=O) groups is 1. The van der Waals surface area contributed by atoms with Gasteiger partial charge in [-0.25, -0.2) is 0 Å². The van der Waals surface area contributed by atoms with Gasteiger partial charge in [0.25, 0.3) is 0 Å². The average Bonchev–Trinajstić information content (AvgIpc) is 2.66. The third kappa shape index (κ3) is 2.85. The lowest BCUT2D eigenvalue weighted by Gasteiger charge is -2.16. The zero-order valence-corrected chi connectivity index (χ0v) is 8.89. The summed E-state index contributed by atoms with van der Waals surface area (Å²) in [5.74, 6) is 0.203. The number of nitrogens with zero attached hydrogens (tertiary/aromatic N) is 1. The number of likely N-dealkylation sites (tertiary alicyclic amines) is 1. The summed E-state index contributed by atoms with van der Waals surface area (Å²) < 4.78 is 5.53. The molecule has 1 aliphatic carbocycles. The van der Waals surface area contributed by atoms with Crippen LogP contribution in [0.4, 0.5) is 0 Å². The molecular weight excluding hydrogens is 190 g/mol. The van der Waals surface area contributed by atoms with Gasteiger partial charge in [0.15, 0.2) is 0 Å². The van der Waals surface area contributed by atoms with Gasteiger partial charge in [0.05, 0.1) is 0 Å². The van der Waals surface area contributed by atoms with Crippen LogP contribution in [-0.2, 0) is 9.53 Å². The highest BCUT2D eigenvalue weighted by molar-refractivity contribution is 5.79. The molecule has 82 valence electrons. The summed E-state index contributed by atoms with van der Waals surface area (Å²) in [6.45, 7) is 0.833. The third-order valence-electron chi connectivity index (χ3n) is 2.81. The lowest BCUT2D eigenvalue weighted by atomic mass is 10.1. The Morgan fingerprint density at radius 3 is 3.07 bits per heavy atom. The summed E-state index contributed by atoms with van der Waals surface area (Å²) in [5, 5.41) is 0. The molecule has 0 bridgehead atoms. The molecule has 1 amide bonds. The maximum Gasteiger partial charge on any atom is 0.226 e. The van der Waals surface area contributed by atoms with Gasteiger partial charge in [-0.1, -0.05) is 6.08 Å². The minimum absolute atomic E-state index is 0.202. The van der Waals surface area contributed by atoms with E-state index in [0.29, 0.717) is 6.42 Å². The molecular formula is C12H17NO2. The van der Waals surface area contributed by atoms with Crippen molar-refractivity contribution in [2.24, 2.45) is 0 Å². The lowest BCUT2D eigenvalue weighted by Crippen LogP contribution is -2.18. The number of ether oxygens (including phenoxy) is 1. The molecule has 1 aliphatic heterocycles. The van der Waals surface area contributed by atoms with E-state index < -0.39 is 0 Å². The first-order chi connectivity index (χ1) is 7.36. The molecule has 0 saturated carbocycles. The fourth-order valence-electron chi connectivity index (χ4n) is 1.93. The summed E-state index contributed by atoms with van der Waals surface area (Å²) in [5.41, 5.74) is 0. The Hall–Kier alpha value is -1.25. The van der Waals surface area contributed by atoms with Crippen LogP contribution in [0.2, 0.25) is 0 Å². The Morgan fingerprint density at radius 1 is 1.47 bits per heavy atom. The van der Waals surface area contributed by atoms with Crippen LogP contribution in [0.25, 0.3) is 0 Å². The van der Waals surface area contributed by atoms with Crippen LogP contribution in [0, 0.1) is 0 Å². The van der Waals surface area contributed by atoms with E-state index in [9.17, 15) is 4.79 Å². The second-order valence-corrected chi connectivity index (χ2v) is 4.01. The fourth-order valence-corrected chi connectivity index (χ4v) is 1.93. The first-order valence-corrected chi connectivity index (χ1v) is 5.64. The molecule has 15 heavy (non-hydrogen) atoms. The van der Waals surface area contributed by atoms with Gasteiger partial charge < -0.3 is 9.64 Å². The number of hydrogen-bond acceptors (Lipinski definition) is 2. The van der Waals surface area contributed by atoms with Crippen molar-refractivity contribution in [2.75, 3.05) is 6.54 Å². The molecule has 1 unspecified atom stereocenters. The molecule has 1 fully saturated rings. The Bertz CT molecular complexity index is 283. The number of rotatable bonds is 3. The van der Waals surface area contributed by atoms with Gasteiger partial charge >= 0.3 is 0 Å². The molecule has 0 spiro atoms. The number of allylic oxidation sites excluding steroid dienone is 1. The molecule has 1 heterocycles. The van der Waals surface area contributed by atoms with Crippen molar-refractivity contribution >= 4 is 5.91 Å². The molecule has 0 aromatic rings. The van der Waals surface area contributed by atoms with Crippen LogP contribution in [0.1, 0.15) is 32.1 Å². The van der Waals surface area contributed by atoms with Crippen molar-refractivity contribution in [2.45, 2.75) is 38.2 Å². The second kappa shape index (κ2) is 5.01.